The van der Waals surface area contributed by atoms with E-state index in [1.165, 1.54) is 48.3 Å². The van der Waals surface area contributed by atoms with Crippen molar-refractivity contribution < 1.29 is 0 Å². The van der Waals surface area contributed by atoms with Crippen LogP contribution in [0.15, 0.2) is 9.59 Å². The molecule has 0 aromatic carbocycles. The first-order chi connectivity index (χ1) is 11.5. The first kappa shape index (κ1) is 14.5. The number of aryl methyl sites for hydroxylation is 2. The topological polar surface area (TPSA) is 61.8 Å². The Bertz CT molecular complexity index is 948. The third kappa shape index (κ3) is 1.64. The molecule has 6 heteroatoms. The van der Waals surface area contributed by atoms with E-state index in [-0.39, 0.29) is 11.2 Å². The van der Waals surface area contributed by atoms with Crippen molar-refractivity contribution in [2.45, 2.75) is 38.0 Å². The van der Waals surface area contributed by atoms with Gasteiger partial charge in [0.1, 0.15) is 5.82 Å². The van der Waals surface area contributed by atoms with Crippen molar-refractivity contribution in [2.24, 2.45) is 44.8 Å². The molecule has 0 spiro atoms. The highest BCUT2D eigenvalue weighted by Crippen LogP contribution is 2.61. The smallest absolute Gasteiger partial charge is 0.325 e. The van der Waals surface area contributed by atoms with E-state index < -0.39 is 0 Å². The van der Waals surface area contributed by atoms with E-state index in [2.05, 4.69) is 0 Å². The van der Waals surface area contributed by atoms with Crippen LogP contribution in [0.2, 0.25) is 0 Å². The standard InChI is InChI=1S/C18H24N4O2/c1-20-14-16(21(2)18(24)22(3)17(14)23)19-15(20)11-7-12-9-4-5-10(6-9)13(12)8-11/h9-13H,4-8H2,1-3H3. The zero-order chi connectivity index (χ0) is 16.7. The lowest BCUT2D eigenvalue weighted by Crippen LogP contribution is -2.37. The molecule has 5 rings (SSSR count). The van der Waals surface area contributed by atoms with E-state index in [4.69, 9.17) is 4.98 Å². The third-order valence-electron chi connectivity index (χ3n) is 7.26. The molecule has 0 amide bonds. The minimum Gasteiger partial charge on any atom is -0.325 e. The van der Waals surface area contributed by atoms with Gasteiger partial charge in [-0.2, -0.15) is 0 Å². The number of hydrogen-bond acceptors (Lipinski definition) is 3. The molecular weight excluding hydrogens is 304 g/mol. The molecule has 24 heavy (non-hydrogen) atoms. The molecule has 2 heterocycles. The summed E-state index contributed by atoms with van der Waals surface area (Å²) in [5, 5.41) is 0. The van der Waals surface area contributed by atoms with Gasteiger partial charge >= 0.3 is 5.69 Å². The van der Waals surface area contributed by atoms with Crippen molar-refractivity contribution in [3.8, 4) is 0 Å². The summed E-state index contributed by atoms with van der Waals surface area (Å²) in [5.41, 5.74) is 0.529. The molecule has 2 aromatic heterocycles. The summed E-state index contributed by atoms with van der Waals surface area (Å²) in [6.07, 6.45) is 6.68. The number of hydrogen-bond donors (Lipinski definition) is 0. The highest BCUT2D eigenvalue weighted by molar-refractivity contribution is 5.71. The van der Waals surface area contributed by atoms with Crippen LogP contribution in [0.25, 0.3) is 11.2 Å². The van der Waals surface area contributed by atoms with Crippen molar-refractivity contribution >= 4 is 11.2 Å². The predicted molar refractivity (Wildman–Crippen MR) is 91.0 cm³/mol. The number of imidazole rings is 1. The van der Waals surface area contributed by atoms with Gasteiger partial charge in [0.25, 0.3) is 5.56 Å². The molecule has 0 radical (unpaired) electrons. The van der Waals surface area contributed by atoms with E-state index in [1.807, 2.05) is 11.6 Å². The number of rotatable bonds is 1. The molecule has 6 nitrogen and oxygen atoms in total. The van der Waals surface area contributed by atoms with Gasteiger partial charge in [0.2, 0.25) is 0 Å². The molecule has 4 atom stereocenters. The molecule has 0 N–H and O–H groups in total. The average Bonchev–Trinajstić information content (AvgIpc) is 3.30. The Kier molecular flexibility index (Phi) is 2.78. The second kappa shape index (κ2) is 4.61. The normalized spacial score (nSPS) is 34.4. The van der Waals surface area contributed by atoms with Crippen molar-refractivity contribution in [3.05, 3.63) is 26.7 Å². The van der Waals surface area contributed by atoms with E-state index in [9.17, 15) is 9.59 Å². The van der Waals surface area contributed by atoms with E-state index in [0.717, 1.165) is 29.5 Å². The minimum absolute atomic E-state index is 0.243. The Balaban J connectivity index is 1.63. The summed E-state index contributed by atoms with van der Waals surface area (Å²) in [6, 6.07) is 0. The van der Waals surface area contributed by atoms with Crippen LogP contribution in [0.4, 0.5) is 0 Å². The SMILES string of the molecule is Cn1c(=O)c2c(nc(C3CC4C5CCC(C5)C4C3)n2C)n(C)c1=O. The summed E-state index contributed by atoms with van der Waals surface area (Å²) in [7, 11) is 5.16. The number of aromatic nitrogens is 4. The molecule has 3 aliphatic carbocycles. The summed E-state index contributed by atoms with van der Waals surface area (Å²) < 4.78 is 4.63. The summed E-state index contributed by atoms with van der Waals surface area (Å²) in [4.78, 5) is 29.5. The number of nitrogens with zero attached hydrogens (tertiary/aromatic N) is 4. The van der Waals surface area contributed by atoms with Gasteiger partial charge in [-0.05, 0) is 55.8 Å². The molecule has 2 bridgehead atoms. The maximum Gasteiger partial charge on any atom is 0.332 e. The highest BCUT2D eigenvalue weighted by Gasteiger charge is 2.52. The predicted octanol–water partition coefficient (Wildman–Crippen LogP) is 1.51. The average molecular weight is 328 g/mol. The van der Waals surface area contributed by atoms with Gasteiger partial charge in [-0.1, -0.05) is 0 Å². The molecule has 128 valence electrons. The molecule has 0 aliphatic heterocycles. The fourth-order valence-corrected chi connectivity index (χ4v) is 6.13. The number of fused-ring (bicyclic) bond motifs is 6. The molecule has 3 fully saturated rings. The monoisotopic (exact) mass is 328 g/mol. The Morgan fingerprint density at radius 2 is 1.50 bits per heavy atom. The fraction of sp³-hybridized carbons (Fsp3) is 0.722. The summed E-state index contributed by atoms with van der Waals surface area (Å²) >= 11 is 0. The quantitative estimate of drug-likeness (QED) is 0.797. The van der Waals surface area contributed by atoms with Gasteiger partial charge in [0.15, 0.2) is 11.2 Å². The molecule has 2 aromatic rings. The fourth-order valence-electron chi connectivity index (χ4n) is 6.13. The second-order valence-corrected chi connectivity index (χ2v) is 8.24. The van der Waals surface area contributed by atoms with Gasteiger partial charge in [0, 0.05) is 27.1 Å². The highest BCUT2D eigenvalue weighted by atomic mass is 16.2. The second-order valence-electron chi connectivity index (χ2n) is 8.24. The van der Waals surface area contributed by atoms with E-state index >= 15 is 0 Å². The van der Waals surface area contributed by atoms with Crippen LogP contribution in [0.5, 0.6) is 0 Å². The van der Waals surface area contributed by atoms with Crippen molar-refractivity contribution in [1.82, 2.24) is 18.7 Å². The van der Waals surface area contributed by atoms with Crippen molar-refractivity contribution in [3.63, 3.8) is 0 Å². The Morgan fingerprint density at radius 1 is 0.875 bits per heavy atom. The van der Waals surface area contributed by atoms with Gasteiger partial charge in [0.05, 0.1) is 0 Å². The van der Waals surface area contributed by atoms with Crippen LogP contribution in [0.3, 0.4) is 0 Å². The lowest BCUT2D eigenvalue weighted by atomic mass is 9.82. The van der Waals surface area contributed by atoms with Gasteiger partial charge in [-0.3, -0.25) is 13.9 Å². The Hall–Kier alpha value is -1.85. The Morgan fingerprint density at radius 3 is 2.12 bits per heavy atom. The van der Waals surface area contributed by atoms with Gasteiger partial charge in [-0.25, -0.2) is 9.78 Å². The molecule has 3 saturated carbocycles. The largest absolute Gasteiger partial charge is 0.332 e. The van der Waals surface area contributed by atoms with Crippen LogP contribution in [-0.4, -0.2) is 18.7 Å². The third-order valence-corrected chi connectivity index (χ3v) is 7.26. The Labute approximate surface area is 140 Å². The van der Waals surface area contributed by atoms with Crippen molar-refractivity contribution in [1.29, 1.82) is 0 Å². The zero-order valence-corrected chi connectivity index (χ0v) is 14.5. The van der Waals surface area contributed by atoms with Crippen LogP contribution in [0, 0.1) is 23.7 Å². The van der Waals surface area contributed by atoms with Crippen LogP contribution in [-0.2, 0) is 21.1 Å². The first-order valence-corrected chi connectivity index (χ1v) is 9.09. The van der Waals surface area contributed by atoms with Crippen LogP contribution < -0.4 is 11.2 Å². The first-order valence-electron chi connectivity index (χ1n) is 9.09. The van der Waals surface area contributed by atoms with Gasteiger partial charge < -0.3 is 4.57 Å². The zero-order valence-electron chi connectivity index (χ0n) is 14.5. The summed E-state index contributed by atoms with van der Waals surface area (Å²) in [6.45, 7) is 0. The van der Waals surface area contributed by atoms with Gasteiger partial charge in [-0.15, -0.1) is 0 Å². The van der Waals surface area contributed by atoms with Crippen LogP contribution in [0.1, 0.15) is 43.8 Å². The van der Waals surface area contributed by atoms with E-state index in [0.29, 0.717) is 17.1 Å². The minimum atomic E-state index is -0.307. The van der Waals surface area contributed by atoms with E-state index in [1.54, 1.807) is 7.05 Å². The molecule has 0 saturated heterocycles. The molecule has 3 aliphatic rings. The molecular formula is C18H24N4O2. The maximum absolute atomic E-state index is 12.5. The maximum atomic E-state index is 12.5. The van der Waals surface area contributed by atoms with Crippen LogP contribution >= 0.6 is 0 Å². The summed E-state index contributed by atoms with van der Waals surface area (Å²) in [5.74, 6) is 5.01. The van der Waals surface area contributed by atoms with Crippen molar-refractivity contribution in [2.75, 3.05) is 0 Å². The lowest BCUT2D eigenvalue weighted by molar-refractivity contribution is 0.259. The lowest BCUT2D eigenvalue weighted by Gasteiger charge is -2.23. The molecule has 4 unspecified atom stereocenters.